The maximum Gasteiger partial charge on any atom is 0.310 e. The van der Waals surface area contributed by atoms with Gasteiger partial charge in [-0.1, -0.05) is 17.7 Å². The summed E-state index contributed by atoms with van der Waals surface area (Å²) in [5, 5.41) is 18.6. The Bertz CT molecular complexity index is 531. The third kappa shape index (κ3) is 3.24. The fourth-order valence-electron chi connectivity index (χ4n) is 1.36. The van der Waals surface area contributed by atoms with Gasteiger partial charge in [0.05, 0.1) is 9.95 Å². The monoisotopic (exact) mass is 275 g/mol. The molecule has 1 aromatic rings. The molecule has 0 amide bonds. The van der Waals surface area contributed by atoms with Gasteiger partial charge < -0.3 is 5.11 Å². The van der Waals surface area contributed by atoms with Gasteiger partial charge in [0.15, 0.2) is 0 Å². The highest BCUT2D eigenvalue weighted by Gasteiger charge is 2.24. The highest BCUT2D eigenvalue weighted by atomic mass is 35.5. The maximum atomic E-state index is 13.4. The number of ketones is 1. The second-order valence-corrected chi connectivity index (χ2v) is 3.82. The summed E-state index contributed by atoms with van der Waals surface area (Å²) in [5.41, 5.74) is -1.10. The molecule has 0 aliphatic rings. The zero-order chi connectivity index (χ0) is 13.9. The van der Waals surface area contributed by atoms with E-state index in [0.717, 1.165) is 12.1 Å². The molecule has 0 aromatic heterocycles. The molecule has 0 unspecified atom stereocenters. The fraction of sp³-hybridized carbons (Fsp3) is 0.200. The second-order valence-electron chi connectivity index (χ2n) is 3.41. The van der Waals surface area contributed by atoms with Gasteiger partial charge in [0, 0.05) is 12.0 Å². The number of hydrogen-bond donors (Lipinski definition) is 1. The Kier molecular flexibility index (Phi) is 4.33. The van der Waals surface area contributed by atoms with Crippen LogP contribution < -0.4 is 0 Å². The van der Waals surface area contributed by atoms with E-state index in [2.05, 4.69) is 0 Å². The number of nitrogens with zero attached hydrogens (tertiary/aromatic N) is 1. The van der Waals surface area contributed by atoms with E-state index in [-0.39, 0.29) is 5.56 Å². The number of aliphatic carboxylic acids is 1. The van der Waals surface area contributed by atoms with Gasteiger partial charge in [0.1, 0.15) is 12.2 Å². The van der Waals surface area contributed by atoms with E-state index in [1.165, 1.54) is 0 Å². The van der Waals surface area contributed by atoms with Crippen LogP contribution in [-0.2, 0) is 16.0 Å². The molecule has 0 radical (unpaired) electrons. The molecule has 0 aliphatic carbocycles. The van der Waals surface area contributed by atoms with Crippen LogP contribution in [0.5, 0.6) is 0 Å². The number of carbonyl (C=O) groups is 2. The van der Waals surface area contributed by atoms with Crippen molar-refractivity contribution in [1.29, 1.82) is 0 Å². The van der Waals surface area contributed by atoms with Gasteiger partial charge in [-0.3, -0.25) is 19.7 Å². The van der Waals surface area contributed by atoms with Crippen LogP contribution >= 0.6 is 11.6 Å². The summed E-state index contributed by atoms with van der Waals surface area (Å²) in [6.45, 7) is 0. The first-order chi connectivity index (χ1) is 8.32. The van der Waals surface area contributed by atoms with E-state index in [0.29, 0.717) is 0 Å². The van der Waals surface area contributed by atoms with Crippen molar-refractivity contribution in [2.24, 2.45) is 0 Å². The number of carbonyl (C=O) groups excluding carboxylic acids is 1. The first-order valence-electron chi connectivity index (χ1n) is 4.67. The van der Waals surface area contributed by atoms with E-state index in [9.17, 15) is 24.1 Å². The summed E-state index contributed by atoms with van der Waals surface area (Å²) in [6.07, 6.45) is -1.31. The first-order valence-corrected chi connectivity index (χ1v) is 5.05. The van der Waals surface area contributed by atoms with Gasteiger partial charge >= 0.3 is 11.7 Å². The summed E-state index contributed by atoms with van der Waals surface area (Å²) in [5.74, 6) is -3.34. The lowest BCUT2D eigenvalue weighted by Gasteiger charge is -2.03. The van der Waals surface area contributed by atoms with Gasteiger partial charge in [0.25, 0.3) is 0 Å². The number of carboxylic acid groups (broad SMARTS) is 1. The molecular weight excluding hydrogens is 269 g/mol. The number of Topliss-reactive ketones (excluding diaryl/α,β-unsaturated/α-hetero) is 1. The average molecular weight is 276 g/mol. The van der Waals surface area contributed by atoms with Crippen LogP contribution in [0.3, 0.4) is 0 Å². The molecule has 0 bridgehead atoms. The molecule has 0 saturated carbocycles. The van der Waals surface area contributed by atoms with Crippen molar-refractivity contribution in [3.05, 3.63) is 38.7 Å². The second kappa shape index (κ2) is 5.54. The van der Waals surface area contributed by atoms with Crippen molar-refractivity contribution < 1.29 is 24.0 Å². The van der Waals surface area contributed by atoms with Gasteiger partial charge in [-0.2, -0.15) is 4.39 Å². The summed E-state index contributed by atoms with van der Waals surface area (Å²) in [6, 6.07) is 2.20. The van der Waals surface area contributed by atoms with Crippen molar-refractivity contribution >= 4 is 29.0 Å². The third-order valence-electron chi connectivity index (χ3n) is 2.07. The molecule has 6 nitrogen and oxygen atoms in total. The van der Waals surface area contributed by atoms with Crippen molar-refractivity contribution in [1.82, 2.24) is 0 Å². The predicted octanol–water partition coefficient (Wildman–Crippen LogP) is 1.97. The van der Waals surface area contributed by atoms with Gasteiger partial charge in [-0.15, -0.1) is 0 Å². The van der Waals surface area contributed by atoms with Crippen molar-refractivity contribution in [2.45, 2.75) is 12.8 Å². The minimum atomic E-state index is -1.35. The van der Waals surface area contributed by atoms with Crippen LogP contribution in [0, 0.1) is 15.9 Å². The molecule has 0 saturated heterocycles. The van der Waals surface area contributed by atoms with Crippen molar-refractivity contribution in [2.75, 3.05) is 0 Å². The number of rotatable bonds is 5. The first kappa shape index (κ1) is 14.0. The molecule has 18 heavy (non-hydrogen) atoms. The Morgan fingerprint density at radius 1 is 1.44 bits per heavy atom. The van der Waals surface area contributed by atoms with E-state index in [1.807, 2.05) is 0 Å². The van der Waals surface area contributed by atoms with Gasteiger partial charge in [0.2, 0.25) is 5.82 Å². The number of halogens is 2. The number of nitro benzene ring substituents is 1. The standard InChI is InChI=1S/C10H7ClFNO5/c11-7-2-1-5(3-6(14)4-8(15)16)10(9(7)12)13(17)18/h1-2H,3-4H2,(H,15,16). The summed E-state index contributed by atoms with van der Waals surface area (Å²) < 4.78 is 13.4. The zero-order valence-electron chi connectivity index (χ0n) is 8.85. The van der Waals surface area contributed by atoms with E-state index < -0.39 is 46.0 Å². The highest BCUT2D eigenvalue weighted by Crippen LogP contribution is 2.29. The van der Waals surface area contributed by atoms with Gasteiger partial charge in [-0.05, 0) is 6.07 Å². The zero-order valence-corrected chi connectivity index (χ0v) is 9.61. The van der Waals surface area contributed by atoms with E-state index in [4.69, 9.17) is 16.7 Å². The maximum absolute atomic E-state index is 13.4. The quantitative estimate of drug-likeness (QED) is 0.503. The molecular formula is C10H7ClFNO5. The number of hydrogen-bond acceptors (Lipinski definition) is 4. The molecule has 1 rings (SSSR count). The van der Waals surface area contributed by atoms with Crippen LogP contribution in [0.15, 0.2) is 12.1 Å². The van der Waals surface area contributed by atoms with Crippen LogP contribution in [-0.4, -0.2) is 21.8 Å². The molecule has 1 aromatic carbocycles. The Labute approximate surface area is 105 Å². The summed E-state index contributed by atoms with van der Waals surface area (Å²) in [4.78, 5) is 31.2. The topological polar surface area (TPSA) is 97.5 Å². The number of benzene rings is 1. The Hall–Kier alpha value is -2.02. The lowest BCUT2D eigenvalue weighted by molar-refractivity contribution is -0.388. The molecule has 0 heterocycles. The largest absolute Gasteiger partial charge is 0.481 e. The van der Waals surface area contributed by atoms with Gasteiger partial charge in [-0.25, -0.2) is 0 Å². The lowest BCUT2D eigenvalue weighted by atomic mass is 10.0. The molecule has 0 atom stereocenters. The van der Waals surface area contributed by atoms with Crippen LogP contribution in [0.4, 0.5) is 10.1 Å². The summed E-state index contributed by atoms with van der Waals surface area (Å²) in [7, 11) is 0. The highest BCUT2D eigenvalue weighted by molar-refractivity contribution is 6.31. The number of carboxylic acids is 1. The van der Waals surface area contributed by atoms with Crippen LogP contribution in [0.1, 0.15) is 12.0 Å². The molecule has 8 heteroatoms. The Balaban J connectivity index is 3.10. The normalized spacial score (nSPS) is 10.1. The molecule has 0 spiro atoms. The molecule has 96 valence electrons. The SMILES string of the molecule is O=C(O)CC(=O)Cc1ccc(Cl)c(F)c1[N+](=O)[O-]. The summed E-state index contributed by atoms with van der Waals surface area (Å²) >= 11 is 5.39. The third-order valence-corrected chi connectivity index (χ3v) is 2.36. The average Bonchev–Trinajstić information content (AvgIpc) is 2.21. The van der Waals surface area contributed by atoms with Crippen molar-refractivity contribution in [3.8, 4) is 0 Å². The molecule has 0 aliphatic heterocycles. The fourth-order valence-corrected chi connectivity index (χ4v) is 1.52. The number of nitro groups is 1. The van der Waals surface area contributed by atoms with Crippen molar-refractivity contribution in [3.63, 3.8) is 0 Å². The molecule has 0 fully saturated rings. The lowest BCUT2D eigenvalue weighted by Crippen LogP contribution is -2.11. The van der Waals surface area contributed by atoms with Crippen LogP contribution in [0.25, 0.3) is 0 Å². The Morgan fingerprint density at radius 2 is 2.06 bits per heavy atom. The van der Waals surface area contributed by atoms with Crippen LogP contribution in [0.2, 0.25) is 5.02 Å². The minimum Gasteiger partial charge on any atom is -0.481 e. The van der Waals surface area contributed by atoms with E-state index >= 15 is 0 Å². The van der Waals surface area contributed by atoms with E-state index in [1.54, 1.807) is 0 Å². The minimum absolute atomic E-state index is 0.201. The molecule has 1 N–H and O–H groups in total. The Morgan fingerprint density at radius 3 is 2.56 bits per heavy atom. The predicted molar refractivity (Wildman–Crippen MR) is 59.0 cm³/mol. The smallest absolute Gasteiger partial charge is 0.310 e.